The highest BCUT2D eigenvalue weighted by atomic mass is 19.1. The Kier molecular flexibility index (Phi) is 5.46. The zero-order valence-corrected chi connectivity index (χ0v) is 11.6. The molecule has 2 aromatic rings. The van der Waals surface area contributed by atoms with Gasteiger partial charge in [-0.1, -0.05) is 42.5 Å². The van der Waals surface area contributed by atoms with Crippen LogP contribution in [0.4, 0.5) is 4.39 Å². The van der Waals surface area contributed by atoms with Crippen molar-refractivity contribution in [2.24, 2.45) is 0 Å². The van der Waals surface area contributed by atoms with Crippen molar-refractivity contribution in [2.45, 2.75) is 12.3 Å². The minimum Gasteiger partial charge on any atom is -0.481 e. The fraction of sp³-hybridized carbons (Fsp3) is 0.235. The topological polar surface area (TPSA) is 49.3 Å². The maximum Gasteiger partial charge on any atom is 0.312 e. The zero-order valence-electron chi connectivity index (χ0n) is 11.6. The summed E-state index contributed by atoms with van der Waals surface area (Å²) in [5, 5.41) is 12.4. The van der Waals surface area contributed by atoms with Crippen LogP contribution < -0.4 is 5.32 Å². The molecule has 2 N–H and O–H groups in total. The van der Waals surface area contributed by atoms with Gasteiger partial charge in [0.1, 0.15) is 5.82 Å². The van der Waals surface area contributed by atoms with E-state index in [0.29, 0.717) is 19.5 Å². The van der Waals surface area contributed by atoms with Crippen LogP contribution in [0.25, 0.3) is 0 Å². The SMILES string of the molecule is O=C(O)C(CNCCc1cccc(F)c1)c1ccccc1. The first-order valence-corrected chi connectivity index (χ1v) is 6.90. The number of hydrogen-bond acceptors (Lipinski definition) is 2. The van der Waals surface area contributed by atoms with Crippen LogP contribution in [0.5, 0.6) is 0 Å². The first-order valence-electron chi connectivity index (χ1n) is 6.90. The Morgan fingerprint density at radius 3 is 2.57 bits per heavy atom. The smallest absolute Gasteiger partial charge is 0.312 e. The van der Waals surface area contributed by atoms with Gasteiger partial charge in [-0.25, -0.2) is 4.39 Å². The van der Waals surface area contributed by atoms with E-state index in [0.717, 1.165) is 11.1 Å². The molecule has 0 aliphatic heterocycles. The minimum atomic E-state index is -0.848. The van der Waals surface area contributed by atoms with E-state index in [2.05, 4.69) is 5.32 Å². The van der Waals surface area contributed by atoms with Crippen molar-refractivity contribution in [3.8, 4) is 0 Å². The Morgan fingerprint density at radius 2 is 1.90 bits per heavy atom. The number of aliphatic carboxylic acids is 1. The summed E-state index contributed by atoms with van der Waals surface area (Å²) >= 11 is 0. The molecule has 0 saturated carbocycles. The van der Waals surface area contributed by atoms with Crippen LogP contribution in [0.15, 0.2) is 54.6 Å². The molecule has 110 valence electrons. The highest BCUT2D eigenvalue weighted by Gasteiger charge is 2.18. The molecular formula is C17H18FNO2. The molecule has 0 aliphatic rings. The van der Waals surface area contributed by atoms with E-state index in [1.165, 1.54) is 12.1 Å². The summed E-state index contributed by atoms with van der Waals surface area (Å²) in [5.41, 5.74) is 1.68. The molecule has 0 amide bonds. The molecule has 1 unspecified atom stereocenters. The Balaban J connectivity index is 1.85. The van der Waals surface area contributed by atoms with Gasteiger partial charge < -0.3 is 10.4 Å². The van der Waals surface area contributed by atoms with Crippen LogP contribution >= 0.6 is 0 Å². The molecular weight excluding hydrogens is 269 g/mol. The number of carbonyl (C=O) groups is 1. The maximum absolute atomic E-state index is 13.0. The van der Waals surface area contributed by atoms with Gasteiger partial charge in [-0.2, -0.15) is 0 Å². The van der Waals surface area contributed by atoms with Gasteiger partial charge >= 0.3 is 5.97 Å². The van der Waals surface area contributed by atoms with E-state index in [-0.39, 0.29) is 5.82 Å². The number of rotatable bonds is 7. The second-order valence-electron chi connectivity index (χ2n) is 4.89. The Hall–Kier alpha value is -2.20. The Morgan fingerprint density at radius 1 is 1.14 bits per heavy atom. The van der Waals surface area contributed by atoms with Gasteiger partial charge in [-0.05, 0) is 36.2 Å². The van der Waals surface area contributed by atoms with Crippen molar-refractivity contribution in [1.82, 2.24) is 5.32 Å². The predicted octanol–water partition coefficient (Wildman–Crippen LogP) is 2.83. The lowest BCUT2D eigenvalue weighted by Crippen LogP contribution is -2.28. The molecule has 0 heterocycles. The molecule has 0 saturated heterocycles. The van der Waals surface area contributed by atoms with E-state index in [1.54, 1.807) is 6.07 Å². The standard InChI is InChI=1S/C17H18FNO2/c18-15-8-4-5-13(11-15)9-10-19-12-16(17(20)21)14-6-2-1-3-7-14/h1-8,11,16,19H,9-10,12H2,(H,20,21). The van der Waals surface area contributed by atoms with Gasteiger partial charge in [0.05, 0.1) is 5.92 Å². The van der Waals surface area contributed by atoms with Gasteiger partial charge in [0.25, 0.3) is 0 Å². The lowest BCUT2D eigenvalue weighted by atomic mass is 9.99. The van der Waals surface area contributed by atoms with E-state index in [4.69, 9.17) is 0 Å². The quantitative estimate of drug-likeness (QED) is 0.770. The number of halogens is 1. The van der Waals surface area contributed by atoms with E-state index in [9.17, 15) is 14.3 Å². The first kappa shape index (κ1) is 15.2. The summed E-state index contributed by atoms with van der Waals surface area (Å²) in [5.74, 6) is -1.67. The molecule has 0 fully saturated rings. The van der Waals surface area contributed by atoms with Crippen LogP contribution in [0.3, 0.4) is 0 Å². The average molecular weight is 287 g/mol. The molecule has 0 spiro atoms. The van der Waals surface area contributed by atoms with E-state index < -0.39 is 11.9 Å². The van der Waals surface area contributed by atoms with Crippen LogP contribution in [0.2, 0.25) is 0 Å². The average Bonchev–Trinajstić information content (AvgIpc) is 2.48. The normalized spacial score (nSPS) is 12.0. The van der Waals surface area contributed by atoms with Crippen LogP contribution in [-0.4, -0.2) is 24.2 Å². The highest BCUT2D eigenvalue weighted by molar-refractivity contribution is 5.76. The Bertz CT molecular complexity index is 586. The van der Waals surface area contributed by atoms with E-state index in [1.807, 2.05) is 36.4 Å². The maximum atomic E-state index is 13.0. The summed E-state index contributed by atoms with van der Waals surface area (Å²) in [7, 11) is 0. The summed E-state index contributed by atoms with van der Waals surface area (Å²) in [6.07, 6.45) is 0.666. The molecule has 21 heavy (non-hydrogen) atoms. The van der Waals surface area contributed by atoms with E-state index >= 15 is 0 Å². The van der Waals surface area contributed by atoms with Crippen molar-refractivity contribution in [2.75, 3.05) is 13.1 Å². The first-order chi connectivity index (χ1) is 10.2. The van der Waals surface area contributed by atoms with Crippen molar-refractivity contribution in [1.29, 1.82) is 0 Å². The number of hydrogen-bond donors (Lipinski definition) is 2. The fourth-order valence-electron chi connectivity index (χ4n) is 2.20. The third-order valence-corrected chi connectivity index (χ3v) is 3.33. The van der Waals surface area contributed by atoms with Gasteiger partial charge in [0, 0.05) is 6.54 Å². The monoisotopic (exact) mass is 287 g/mol. The van der Waals surface area contributed by atoms with Crippen LogP contribution in [0, 0.1) is 5.82 Å². The predicted molar refractivity (Wildman–Crippen MR) is 79.8 cm³/mol. The van der Waals surface area contributed by atoms with Crippen molar-refractivity contribution in [3.05, 3.63) is 71.5 Å². The molecule has 0 aliphatic carbocycles. The largest absolute Gasteiger partial charge is 0.481 e. The van der Waals surface area contributed by atoms with Crippen molar-refractivity contribution >= 4 is 5.97 Å². The summed E-state index contributed by atoms with van der Waals surface area (Å²) in [6.45, 7) is 0.967. The second-order valence-corrected chi connectivity index (χ2v) is 4.89. The number of benzene rings is 2. The summed E-state index contributed by atoms with van der Waals surface area (Å²) in [6, 6.07) is 15.6. The number of nitrogens with one attached hydrogen (secondary N) is 1. The number of carboxylic acid groups (broad SMARTS) is 1. The van der Waals surface area contributed by atoms with Gasteiger partial charge in [-0.15, -0.1) is 0 Å². The van der Waals surface area contributed by atoms with Gasteiger partial charge in [0.15, 0.2) is 0 Å². The Labute approximate surface area is 123 Å². The molecule has 2 aromatic carbocycles. The molecule has 0 aromatic heterocycles. The van der Waals surface area contributed by atoms with Crippen LogP contribution in [-0.2, 0) is 11.2 Å². The summed E-state index contributed by atoms with van der Waals surface area (Å²) < 4.78 is 13.0. The lowest BCUT2D eigenvalue weighted by molar-refractivity contribution is -0.138. The van der Waals surface area contributed by atoms with Crippen LogP contribution in [0.1, 0.15) is 17.0 Å². The van der Waals surface area contributed by atoms with Crippen molar-refractivity contribution < 1.29 is 14.3 Å². The van der Waals surface area contributed by atoms with Gasteiger partial charge in [-0.3, -0.25) is 4.79 Å². The second kappa shape index (κ2) is 7.55. The molecule has 3 nitrogen and oxygen atoms in total. The third kappa shape index (κ3) is 4.68. The lowest BCUT2D eigenvalue weighted by Gasteiger charge is -2.13. The fourth-order valence-corrected chi connectivity index (χ4v) is 2.20. The zero-order chi connectivity index (χ0) is 15.1. The minimum absolute atomic E-state index is 0.250. The molecule has 0 bridgehead atoms. The molecule has 4 heteroatoms. The third-order valence-electron chi connectivity index (χ3n) is 3.33. The number of carboxylic acids is 1. The van der Waals surface area contributed by atoms with Crippen molar-refractivity contribution in [3.63, 3.8) is 0 Å². The molecule has 1 atom stereocenters. The highest BCUT2D eigenvalue weighted by Crippen LogP contribution is 2.14. The van der Waals surface area contributed by atoms with Gasteiger partial charge in [0.2, 0.25) is 0 Å². The molecule has 2 rings (SSSR count). The summed E-state index contributed by atoms with van der Waals surface area (Å²) in [4.78, 5) is 11.3. The molecule has 0 radical (unpaired) electrons.